The highest BCUT2D eigenvalue weighted by Crippen LogP contribution is 2.49. The summed E-state index contributed by atoms with van der Waals surface area (Å²) in [6.07, 6.45) is 5.37. The molecule has 0 bridgehead atoms. The lowest BCUT2D eigenvalue weighted by atomic mass is 9.76. The molecule has 1 saturated carbocycles. The van der Waals surface area contributed by atoms with Gasteiger partial charge in [-0.2, -0.15) is 0 Å². The van der Waals surface area contributed by atoms with Gasteiger partial charge in [-0.3, -0.25) is 4.79 Å². The van der Waals surface area contributed by atoms with Crippen molar-refractivity contribution in [3.63, 3.8) is 0 Å². The maximum Gasteiger partial charge on any atom is 0.308 e. The van der Waals surface area contributed by atoms with Gasteiger partial charge in [-0.25, -0.2) is 0 Å². The summed E-state index contributed by atoms with van der Waals surface area (Å²) in [6.45, 7) is 2.03. The molecule has 2 fully saturated rings. The van der Waals surface area contributed by atoms with Gasteiger partial charge in [-0.05, 0) is 49.7 Å². The van der Waals surface area contributed by atoms with E-state index < -0.39 is 0 Å². The third-order valence-corrected chi connectivity index (χ3v) is 5.64. The Kier molecular flexibility index (Phi) is 4.37. The van der Waals surface area contributed by atoms with Crippen LogP contribution in [0.5, 0.6) is 5.75 Å². The lowest BCUT2D eigenvalue weighted by Gasteiger charge is -2.40. The number of carbonyl (C=O) groups is 1. The summed E-state index contributed by atoms with van der Waals surface area (Å²) in [7, 11) is 3.14. The Bertz CT molecular complexity index is 580. The minimum absolute atomic E-state index is 0.0347. The van der Waals surface area contributed by atoms with E-state index in [4.69, 9.17) is 15.2 Å². The minimum atomic E-state index is -0.0347. The molecule has 1 heterocycles. The SMILES string of the molecule is COC(=O)C1CCC2(CCN(c3ccc(N)c(OC)c3)CC2)C1. The molecular weight excluding hydrogens is 292 g/mol. The summed E-state index contributed by atoms with van der Waals surface area (Å²) >= 11 is 0. The average molecular weight is 318 g/mol. The molecule has 5 heteroatoms. The molecule has 0 amide bonds. The van der Waals surface area contributed by atoms with Gasteiger partial charge < -0.3 is 20.1 Å². The number of benzene rings is 1. The van der Waals surface area contributed by atoms with Gasteiger partial charge in [0, 0.05) is 24.8 Å². The number of methoxy groups -OCH3 is 2. The Morgan fingerprint density at radius 3 is 2.65 bits per heavy atom. The maximum absolute atomic E-state index is 11.8. The standard InChI is InChI=1S/C18H26N2O3/c1-22-16-11-14(3-4-15(16)19)20-9-7-18(8-10-20)6-5-13(12-18)17(21)23-2/h3-4,11,13H,5-10,12,19H2,1-2H3. The average Bonchev–Trinajstić information content (AvgIpc) is 2.99. The van der Waals surface area contributed by atoms with E-state index in [1.165, 1.54) is 7.11 Å². The first-order valence-electron chi connectivity index (χ1n) is 8.33. The van der Waals surface area contributed by atoms with E-state index in [0.29, 0.717) is 11.1 Å². The van der Waals surface area contributed by atoms with Crippen molar-refractivity contribution in [2.75, 3.05) is 37.9 Å². The zero-order valence-corrected chi connectivity index (χ0v) is 14.0. The largest absolute Gasteiger partial charge is 0.495 e. The van der Waals surface area contributed by atoms with Gasteiger partial charge in [0.2, 0.25) is 0 Å². The predicted molar refractivity (Wildman–Crippen MR) is 90.6 cm³/mol. The van der Waals surface area contributed by atoms with Crippen LogP contribution in [0.15, 0.2) is 18.2 Å². The van der Waals surface area contributed by atoms with E-state index in [1.807, 2.05) is 12.1 Å². The summed E-state index contributed by atoms with van der Waals surface area (Å²) in [5.41, 5.74) is 8.05. The van der Waals surface area contributed by atoms with E-state index in [0.717, 1.165) is 56.6 Å². The van der Waals surface area contributed by atoms with Gasteiger partial charge in [0.1, 0.15) is 5.75 Å². The van der Waals surface area contributed by atoms with Crippen LogP contribution in [0.2, 0.25) is 0 Å². The van der Waals surface area contributed by atoms with Gasteiger partial charge in [0.15, 0.2) is 0 Å². The maximum atomic E-state index is 11.8. The lowest BCUT2D eigenvalue weighted by molar-refractivity contribution is -0.145. The Balaban J connectivity index is 1.64. The number of hydrogen-bond acceptors (Lipinski definition) is 5. The zero-order chi connectivity index (χ0) is 16.4. The molecule has 126 valence electrons. The van der Waals surface area contributed by atoms with Crippen LogP contribution in [0.3, 0.4) is 0 Å². The number of nitrogens with zero attached hydrogens (tertiary/aromatic N) is 1. The van der Waals surface area contributed by atoms with Crippen LogP contribution >= 0.6 is 0 Å². The van der Waals surface area contributed by atoms with Crippen molar-refractivity contribution in [2.24, 2.45) is 11.3 Å². The van der Waals surface area contributed by atoms with Gasteiger partial charge in [-0.1, -0.05) is 0 Å². The molecule has 1 unspecified atom stereocenters. The Morgan fingerprint density at radius 1 is 1.26 bits per heavy atom. The van der Waals surface area contributed by atoms with Crippen molar-refractivity contribution in [2.45, 2.75) is 32.1 Å². The molecule has 3 rings (SSSR count). The smallest absolute Gasteiger partial charge is 0.308 e. The fraction of sp³-hybridized carbons (Fsp3) is 0.611. The van der Waals surface area contributed by atoms with Crippen LogP contribution in [0.4, 0.5) is 11.4 Å². The molecule has 1 spiro atoms. The van der Waals surface area contributed by atoms with Gasteiger partial charge in [-0.15, -0.1) is 0 Å². The number of piperidine rings is 1. The second kappa shape index (κ2) is 6.30. The van der Waals surface area contributed by atoms with E-state index in [1.54, 1.807) is 7.11 Å². The third-order valence-electron chi connectivity index (χ3n) is 5.64. The van der Waals surface area contributed by atoms with Crippen molar-refractivity contribution in [3.8, 4) is 5.75 Å². The van der Waals surface area contributed by atoms with Crippen molar-refractivity contribution >= 4 is 17.3 Å². The van der Waals surface area contributed by atoms with Gasteiger partial charge >= 0.3 is 5.97 Å². The molecule has 23 heavy (non-hydrogen) atoms. The molecular formula is C18H26N2O3. The van der Waals surface area contributed by atoms with Crippen LogP contribution in [0.25, 0.3) is 0 Å². The quantitative estimate of drug-likeness (QED) is 0.686. The zero-order valence-electron chi connectivity index (χ0n) is 14.0. The molecule has 0 radical (unpaired) electrons. The predicted octanol–water partition coefficient (Wildman–Crippen LogP) is 2.84. The van der Waals surface area contributed by atoms with E-state index >= 15 is 0 Å². The molecule has 5 nitrogen and oxygen atoms in total. The lowest BCUT2D eigenvalue weighted by Crippen LogP contribution is -2.39. The molecule has 1 aromatic carbocycles. The molecule has 1 atom stereocenters. The van der Waals surface area contributed by atoms with E-state index in [2.05, 4.69) is 11.0 Å². The van der Waals surface area contributed by atoms with Crippen molar-refractivity contribution in [1.82, 2.24) is 0 Å². The fourth-order valence-electron chi connectivity index (χ4n) is 4.16. The number of esters is 1. The molecule has 1 aliphatic carbocycles. The summed E-state index contributed by atoms with van der Waals surface area (Å²) in [4.78, 5) is 14.2. The normalized spacial score (nSPS) is 23.0. The van der Waals surface area contributed by atoms with Crippen LogP contribution in [0, 0.1) is 11.3 Å². The molecule has 1 aromatic rings. The van der Waals surface area contributed by atoms with Crippen LogP contribution in [-0.4, -0.2) is 33.3 Å². The number of carbonyl (C=O) groups excluding carboxylic acids is 1. The van der Waals surface area contributed by atoms with Crippen molar-refractivity contribution in [1.29, 1.82) is 0 Å². The Labute approximate surface area is 137 Å². The number of nitrogen functional groups attached to an aromatic ring is 1. The number of ether oxygens (including phenoxy) is 2. The Morgan fingerprint density at radius 2 is 2.00 bits per heavy atom. The first-order chi connectivity index (χ1) is 11.1. The first-order valence-corrected chi connectivity index (χ1v) is 8.33. The first kappa shape index (κ1) is 16.0. The Hall–Kier alpha value is -1.91. The second-order valence-corrected chi connectivity index (χ2v) is 6.88. The number of nitrogens with two attached hydrogens (primary N) is 1. The second-order valence-electron chi connectivity index (χ2n) is 6.88. The molecule has 0 aromatic heterocycles. The van der Waals surface area contributed by atoms with Crippen LogP contribution in [-0.2, 0) is 9.53 Å². The third kappa shape index (κ3) is 3.09. The molecule has 2 aliphatic rings. The number of anilines is 2. The highest BCUT2D eigenvalue weighted by molar-refractivity contribution is 5.72. The summed E-state index contributed by atoms with van der Waals surface area (Å²) < 4.78 is 10.2. The van der Waals surface area contributed by atoms with Crippen molar-refractivity contribution in [3.05, 3.63) is 18.2 Å². The topological polar surface area (TPSA) is 64.8 Å². The number of hydrogen-bond donors (Lipinski definition) is 1. The van der Waals surface area contributed by atoms with Crippen LogP contribution in [0.1, 0.15) is 32.1 Å². The molecule has 1 aliphatic heterocycles. The summed E-state index contributed by atoms with van der Waals surface area (Å²) in [6, 6.07) is 5.97. The van der Waals surface area contributed by atoms with E-state index in [-0.39, 0.29) is 11.9 Å². The van der Waals surface area contributed by atoms with Gasteiger partial charge in [0.05, 0.1) is 25.8 Å². The van der Waals surface area contributed by atoms with Gasteiger partial charge in [0.25, 0.3) is 0 Å². The van der Waals surface area contributed by atoms with Crippen molar-refractivity contribution < 1.29 is 14.3 Å². The summed E-state index contributed by atoms with van der Waals surface area (Å²) in [5, 5.41) is 0. The van der Waals surface area contributed by atoms with Crippen LogP contribution < -0.4 is 15.4 Å². The highest BCUT2D eigenvalue weighted by atomic mass is 16.5. The highest BCUT2D eigenvalue weighted by Gasteiger charge is 2.43. The molecule has 2 N–H and O–H groups in total. The monoisotopic (exact) mass is 318 g/mol. The fourth-order valence-corrected chi connectivity index (χ4v) is 4.16. The molecule has 1 saturated heterocycles. The van der Waals surface area contributed by atoms with E-state index in [9.17, 15) is 4.79 Å². The number of rotatable bonds is 3. The summed E-state index contributed by atoms with van der Waals surface area (Å²) in [5.74, 6) is 0.796. The minimum Gasteiger partial charge on any atom is -0.495 e.